The molecule has 188 valence electrons. The lowest BCUT2D eigenvalue weighted by Crippen LogP contribution is -2.57. The summed E-state index contributed by atoms with van der Waals surface area (Å²) in [5, 5.41) is 10.5. The molecule has 3 aromatic carbocycles. The van der Waals surface area contributed by atoms with Crippen LogP contribution in [0.2, 0.25) is 0 Å². The van der Waals surface area contributed by atoms with Crippen molar-refractivity contribution in [2.24, 2.45) is 0 Å². The number of hydrogen-bond donors (Lipinski definition) is 1. The third-order valence-electron chi connectivity index (χ3n) is 5.47. The monoisotopic (exact) mass is 512 g/mol. The molecule has 4 atom stereocenters. The maximum Gasteiger partial charge on any atom is 0.338 e. The number of benzene rings is 3. The number of aliphatic hydroxyl groups excluding tert-OH is 1. The first kappa shape index (κ1) is 25.5. The van der Waals surface area contributed by atoms with Crippen molar-refractivity contribution in [2.75, 3.05) is 6.61 Å². The maximum absolute atomic E-state index is 13.0. The molecule has 0 amide bonds. The third kappa shape index (κ3) is 5.97. The molecule has 0 aromatic heterocycles. The number of rotatable bonds is 7. The summed E-state index contributed by atoms with van der Waals surface area (Å²) in [6, 6.07) is 21.9. The number of carbonyl (C=O) groups excluding carboxylic acids is 2. The van der Waals surface area contributed by atoms with Gasteiger partial charge < -0.3 is 19.3 Å². The average molecular weight is 513 g/mol. The van der Waals surface area contributed by atoms with Gasteiger partial charge in [0.2, 0.25) is 0 Å². The molecular formula is C26H24O9S. The highest BCUT2D eigenvalue weighted by Crippen LogP contribution is 2.27. The van der Waals surface area contributed by atoms with Crippen LogP contribution < -0.4 is 0 Å². The quantitative estimate of drug-likeness (QED) is 0.376. The molecule has 0 saturated carbocycles. The summed E-state index contributed by atoms with van der Waals surface area (Å²) in [6.45, 7) is 1.36. The molecule has 1 saturated heterocycles. The van der Waals surface area contributed by atoms with Crippen LogP contribution in [0, 0.1) is 6.92 Å². The number of aliphatic hydroxyl groups is 1. The van der Waals surface area contributed by atoms with Crippen molar-refractivity contribution < 1.29 is 41.5 Å². The molecule has 36 heavy (non-hydrogen) atoms. The van der Waals surface area contributed by atoms with Gasteiger partial charge in [-0.05, 0) is 43.3 Å². The van der Waals surface area contributed by atoms with Crippen molar-refractivity contribution >= 4 is 22.1 Å². The zero-order valence-electron chi connectivity index (χ0n) is 19.2. The summed E-state index contributed by atoms with van der Waals surface area (Å²) < 4.78 is 47.6. The molecule has 9 nitrogen and oxygen atoms in total. The van der Waals surface area contributed by atoms with Gasteiger partial charge in [-0.25, -0.2) is 9.59 Å². The second kappa shape index (κ2) is 11.0. The number of esters is 2. The summed E-state index contributed by atoms with van der Waals surface area (Å²) >= 11 is 0. The van der Waals surface area contributed by atoms with Gasteiger partial charge in [-0.2, -0.15) is 8.42 Å². The summed E-state index contributed by atoms with van der Waals surface area (Å²) in [5.41, 5.74) is 1.19. The Hall–Kier alpha value is -3.57. The van der Waals surface area contributed by atoms with E-state index in [2.05, 4.69) is 0 Å². The highest BCUT2D eigenvalue weighted by Gasteiger charge is 2.48. The van der Waals surface area contributed by atoms with Gasteiger partial charge in [-0.15, -0.1) is 0 Å². The Morgan fingerprint density at radius 2 is 1.31 bits per heavy atom. The van der Waals surface area contributed by atoms with Crippen LogP contribution in [0.15, 0.2) is 89.8 Å². The van der Waals surface area contributed by atoms with E-state index in [9.17, 15) is 23.1 Å². The van der Waals surface area contributed by atoms with E-state index in [0.717, 1.165) is 5.56 Å². The fourth-order valence-corrected chi connectivity index (χ4v) is 4.63. The largest absolute Gasteiger partial charge is 0.452 e. The highest BCUT2D eigenvalue weighted by molar-refractivity contribution is 7.86. The van der Waals surface area contributed by atoms with Gasteiger partial charge in [-0.1, -0.05) is 54.1 Å². The number of carbonyl (C=O) groups is 2. The predicted molar refractivity (Wildman–Crippen MR) is 126 cm³/mol. The zero-order chi connectivity index (χ0) is 25.7. The lowest BCUT2D eigenvalue weighted by molar-refractivity contribution is -0.246. The molecule has 10 heteroatoms. The van der Waals surface area contributed by atoms with Crippen molar-refractivity contribution in [1.29, 1.82) is 0 Å². The molecular weight excluding hydrogens is 488 g/mol. The summed E-state index contributed by atoms with van der Waals surface area (Å²) in [6.07, 6.45) is -6.19. The van der Waals surface area contributed by atoms with Crippen LogP contribution in [0.25, 0.3) is 0 Å². The zero-order valence-corrected chi connectivity index (χ0v) is 20.0. The van der Waals surface area contributed by atoms with E-state index >= 15 is 0 Å². The van der Waals surface area contributed by atoms with E-state index in [4.69, 9.17) is 18.4 Å². The standard InChI is InChI=1S/C26H24O9S/c1-17-12-14-20(15-13-17)36(30,31)35-21-16-32-26(29)23(34-25(28)19-10-6-3-7-11-19)22(21)33-24(27)18-8-4-2-5-9-18/h2-15,21-23,26,29H,16H2,1H3/t21-,22-,23-,26-/m1/s1. The first-order valence-electron chi connectivity index (χ1n) is 11.1. The Labute approximate surface area is 208 Å². The van der Waals surface area contributed by atoms with Crippen LogP contribution in [0.5, 0.6) is 0 Å². The van der Waals surface area contributed by atoms with Crippen LogP contribution in [0.3, 0.4) is 0 Å². The minimum Gasteiger partial charge on any atom is -0.452 e. The van der Waals surface area contributed by atoms with E-state index in [1.807, 2.05) is 0 Å². The fraction of sp³-hybridized carbons (Fsp3) is 0.231. The van der Waals surface area contributed by atoms with E-state index in [1.54, 1.807) is 55.5 Å². The summed E-state index contributed by atoms with van der Waals surface area (Å²) in [7, 11) is -4.32. The normalized spacial score (nSPS) is 21.9. The summed E-state index contributed by atoms with van der Waals surface area (Å²) in [4.78, 5) is 25.4. The topological polar surface area (TPSA) is 125 Å². The smallest absolute Gasteiger partial charge is 0.338 e. The second-order valence-electron chi connectivity index (χ2n) is 8.10. The van der Waals surface area contributed by atoms with Crippen molar-refractivity contribution in [3.8, 4) is 0 Å². The Morgan fingerprint density at radius 1 is 0.806 bits per heavy atom. The first-order valence-corrected chi connectivity index (χ1v) is 12.5. The van der Waals surface area contributed by atoms with Gasteiger partial charge >= 0.3 is 11.9 Å². The third-order valence-corrected chi connectivity index (χ3v) is 6.82. The van der Waals surface area contributed by atoms with E-state index in [1.165, 1.54) is 36.4 Å². The molecule has 0 aliphatic carbocycles. The molecule has 0 unspecified atom stereocenters. The average Bonchev–Trinajstić information content (AvgIpc) is 2.88. The van der Waals surface area contributed by atoms with Gasteiger partial charge in [0.15, 0.2) is 18.5 Å². The lowest BCUT2D eigenvalue weighted by Gasteiger charge is -2.38. The minimum absolute atomic E-state index is 0.120. The van der Waals surface area contributed by atoms with Crippen molar-refractivity contribution in [1.82, 2.24) is 0 Å². The maximum atomic E-state index is 13.0. The number of ether oxygens (including phenoxy) is 3. The molecule has 3 aromatic rings. The molecule has 1 aliphatic heterocycles. The van der Waals surface area contributed by atoms with Crippen molar-refractivity contribution in [3.05, 3.63) is 102 Å². The lowest BCUT2D eigenvalue weighted by atomic mass is 10.0. The highest BCUT2D eigenvalue weighted by atomic mass is 32.2. The van der Waals surface area contributed by atoms with Gasteiger partial charge in [0.25, 0.3) is 10.1 Å². The molecule has 1 aliphatic rings. The predicted octanol–water partition coefficient (Wildman–Crippen LogP) is 2.87. The molecule has 0 bridgehead atoms. The van der Waals surface area contributed by atoms with Crippen LogP contribution in [-0.4, -0.2) is 56.7 Å². The van der Waals surface area contributed by atoms with Crippen LogP contribution in [0.1, 0.15) is 26.3 Å². The van der Waals surface area contributed by atoms with Gasteiger partial charge in [-0.3, -0.25) is 4.18 Å². The van der Waals surface area contributed by atoms with Gasteiger partial charge in [0.1, 0.15) is 6.10 Å². The summed E-state index contributed by atoms with van der Waals surface area (Å²) in [5.74, 6) is -1.65. The Morgan fingerprint density at radius 3 is 1.83 bits per heavy atom. The Kier molecular flexibility index (Phi) is 7.80. The first-order chi connectivity index (χ1) is 17.2. The molecule has 1 N–H and O–H groups in total. The van der Waals surface area contributed by atoms with Crippen LogP contribution in [-0.2, 0) is 28.5 Å². The Balaban J connectivity index is 1.63. The van der Waals surface area contributed by atoms with E-state index in [0.29, 0.717) is 0 Å². The van der Waals surface area contributed by atoms with E-state index in [-0.39, 0.29) is 16.0 Å². The van der Waals surface area contributed by atoms with Crippen molar-refractivity contribution in [3.63, 3.8) is 0 Å². The molecule has 4 rings (SSSR count). The number of hydrogen-bond acceptors (Lipinski definition) is 9. The fourth-order valence-electron chi connectivity index (χ4n) is 3.56. The molecule has 0 spiro atoms. The van der Waals surface area contributed by atoms with Crippen LogP contribution >= 0.6 is 0 Å². The van der Waals surface area contributed by atoms with Crippen molar-refractivity contribution in [2.45, 2.75) is 36.4 Å². The van der Waals surface area contributed by atoms with Gasteiger partial charge in [0, 0.05) is 0 Å². The number of aryl methyl sites for hydroxylation is 1. The van der Waals surface area contributed by atoms with Gasteiger partial charge in [0.05, 0.1) is 22.6 Å². The second-order valence-corrected chi connectivity index (χ2v) is 9.67. The Bertz CT molecular complexity index is 1290. The molecule has 1 fully saturated rings. The SMILES string of the molecule is Cc1ccc(S(=O)(=O)O[C@@H]2CO[C@@H](O)[C@H](OC(=O)c3ccccc3)[C@@H]2OC(=O)c2ccccc2)cc1. The van der Waals surface area contributed by atoms with Crippen LogP contribution in [0.4, 0.5) is 0 Å². The molecule has 1 heterocycles. The minimum atomic E-state index is -4.32. The van der Waals surface area contributed by atoms with E-state index < -0.39 is 53.3 Å². The molecule has 0 radical (unpaired) electrons.